The van der Waals surface area contributed by atoms with E-state index in [1.807, 2.05) is 6.92 Å². The molecule has 0 radical (unpaired) electrons. The Hall–Kier alpha value is -3.87. The quantitative estimate of drug-likeness (QED) is 0.511. The third-order valence-corrected chi connectivity index (χ3v) is 4.05. The molecule has 0 aliphatic heterocycles. The van der Waals surface area contributed by atoms with Crippen molar-refractivity contribution in [3.63, 3.8) is 0 Å². The number of benzene rings is 2. The van der Waals surface area contributed by atoms with Gasteiger partial charge in [0.25, 0.3) is 11.8 Å². The van der Waals surface area contributed by atoms with Crippen molar-refractivity contribution in [2.75, 3.05) is 13.7 Å². The van der Waals surface area contributed by atoms with Crippen LogP contribution in [0.4, 0.5) is 0 Å². The van der Waals surface area contributed by atoms with E-state index in [4.69, 9.17) is 13.9 Å². The van der Waals surface area contributed by atoms with Crippen molar-refractivity contribution in [1.82, 2.24) is 5.32 Å². The van der Waals surface area contributed by atoms with Crippen LogP contribution in [0.2, 0.25) is 0 Å². The van der Waals surface area contributed by atoms with Crippen LogP contribution < -0.4 is 20.4 Å². The highest BCUT2D eigenvalue weighted by molar-refractivity contribution is 6.09. The number of hydrogen-bond donors (Lipinski definition) is 1. The first kappa shape index (κ1) is 19.9. The van der Waals surface area contributed by atoms with Gasteiger partial charge in [0.05, 0.1) is 13.7 Å². The number of ether oxygens (including phenoxy) is 2. The third kappa shape index (κ3) is 4.70. The van der Waals surface area contributed by atoms with Gasteiger partial charge in [0.15, 0.2) is 11.3 Å². The molecular formula is C22H19NO6. The number of carbonyl (C=O) groups excluding carboxylic acids is 2. The average Bonchev–Trinajstić information content (AvgIpc) is 2.73. The van der Waals surface area contributed by atoms with Crippen LogP contribution in [0.15, 0.2) is 63.8 Å². The zero-order valence-corrected chi connectivity index (χ0v) is 15.9. The fourth-order valence-electron chi connectivity index (χ4n) is 2.65. The summed E-state index contributed by atoms with van der Waals surface area (Å²) in [7, 11) is 1.56. The summed E-state index contributed by atoms with van der Waals surface area (Å²) in [6.45, 7) is 2.21. The predicted octanol–water partition coefficient (Wildman–Crippen LogP) is 3.17. The monoisotopic (exact) mass is 393 g/mol. The first-order chi connectivity index (χ1) is 14.0. The highest BCUT2D eigenvalue weighted by Gasteiger charge is 2.17. The fourth-order valence-corrected chi connectivity index (χ4v) is 2.65. The van der Waals surface area contributed by atoms with Gasteiger partial charge < -0.3 is 13.9 Å². The van der Waals surface area contributed by atoms with E-state index in [1.54, 1.807) is 55.7 Å². The molecule has 1 aromatic heterocycles. The summed E-state index contributed by atoms with van der Waals surface area (Å²) in [4.78, 5) is 36.6. The number of carbonyl (C=O) groups is 2. The maximum atomic E-state index is 12.4. The van der Waals surface area contributed by atoms with E-state index in [0.29, 0.717) is 23.5 Å². The SMILES string of the molecule is CCOc1cccc2cc(C(=O)NC(=O)C=Cc3ccc(OC)cc3)c(=O)oc12. The van der Waals surface area contributed by atoms with Crippen molar-refractivity contribution in [3.05, 3.63) is 76.2 Å². The van der Waals surface area contributed by atoms with E-state index in [0.717, 1.165) is 5.56 Å². The van der Waals surface area contributed by atoms with Crippen LogP contribution in [-0.4, -0.2) is 25.5 Å². The maximum Gasteiger partial charge on any atom is 0.349 e. The molecule has 0 unspecified atom stereocenters. The number of amides is 2. The molecule has 1 heterocycles. The summed E-state index contributed by atoms with van der Waals surface area (Å²) in [5, 5.41) is 2.67. The van der Waals surface area contributed by atoms with Gasteiger partial charge in [-0.15, -0.1) is 0 Å². The van der Waals surface area contributed by atoms with E-state index in [9.17, 15) is 14.4 Å². The van der Waals surface area contributed by atoms with Crippen LogP contribution in [0.25, 0.3) is 17.0 Å². The van der Waals surface area contributed by atoms with Crippen molar-refractivity contribution in [1.29, 1.82) is 0 Å². The summed E-state index contributed by atoms with van der Waals surface area (Å²) in [6, 6.07) is 13.5. The lowest BCUT2D eigenvalue weighted by Gasteiger charge is -2.07. The first-order valence-electron chi connectivity index (χ1n) is 8.89. The Morgan fingerprint density at radius 1 is 1.14 bits per heavy atom. The van der Waals surface area contributed by atoms with Crippen LogP contribution >= 0.6 is 0 Å². The van der Waals surface area contributed by atoms with Crippen LogP contribution in [0.3, 0.4) is 0 Å². The summed E-state index contributed by atoms with van der Waals surface area (Å²) >= 11 is 0. The van der Waals surface area contributed by atoms with Gasteiger partial charge in [-0.05, 0) is 42.8 Å². The normalized spacial score (nSPS) is 10.8. The standard InChI is InChI=1S/C22H19NO6/c1-3-28-18-6-4-5-15-13-17(22(26)29-20(15)18)21(25)23-19(24)12-9-14-7-10-16(27-2)11-8-14/h4-13H,3H2,1-2H3,(H,23,24,25). The fraction of sp³-hybridized carbons (Fsp3) is 0.136. The topological polar surface area (TPSA) is 94.8 Å². The molecule has 1 N–H and O–H groups in total. The van der Waals surface area contributed by atoms with Gasteiger partial charge >= 0.3 is 5.63 Å². The number of para-hydroxylation sites is 1. The second-order valence-electron chi connectivity index (χ2n) is 5.98. The molecule has 0 atom stereocenters. The molecule has 0 aliphatic rings. The van der Waals surface area contributed by atoms with Gasteiger partial charge in [-0.3, -0.25) is 14.9 Å². The van der Waals surface area contributed by atoms with Crippen molar-refractivity contribution < 1.29 is 23.5 Å². The second kappa shape index (κ2) is 8.88. The zero-order valence-electron chi connectivity index (χ0n) is 15.9. The van der Waals surface area contributed by atoms with E-state index in [1.165, 1.54) is 12.1 Å². The van der Waals surface area contributed by atoms with Gasteiger partial charge in [-0.25, -0.2) is 4.79 Å². The zero-order chi connectivity index (χ0) is 20.8. The molecule has 0 saturated heterocycles. The van der Waals surface area contributed by atoms with Crippen molar-refractivity contribution in [2.45, 2.75) is 6.92 Å². The molecule has 148 valence electrons. The van der Waals surface area contributed by atoms with Crippen molar-refractivity contribution in [3.8, 4) is 11.5 Å². The Labute approximate surface area is 166 Å². The van der Waals surface area contributed by atoms with Gasteiger partial charge in [-0.2, -0.15) is 0 Å². The Morgan fingerprint density at radius 3 is 2.59 bits per heavy atom. The van der Waals surface area contributed by atoms with E-state index in [-0.39, 0.29) is 11.1 Å². The van der Waals surface area contributed by atoms with Gasteiger partial charge in [0.2, 0.25) is 0 Å². The Morgan fingerprint density at radius 2 is 1.90 bits per heavy atom. The number of fused-ring (bicyclic) bond motifs is 1. The molecule has 2 aromatic carbocycles. The van der Waals surface area contributed by atoms with Crippen molar-refractivity contribution >= 4 is 28.9 Å². The number of imide groups is 1. The average molecular weight is 393 g/mol. The molecule has 7 heteroatoms. The molecule has 7 nitrogen and oxygen atoms in total. The van der Waals surface area contributed by atoms with Gasteiger partial charge in [0, 0.05) is 11.5 Å². The largest absolute Gasteiger partial charge is 0.497 e. The molecule has 0 bridgehead atoms. The van der Waals surface area contributed by atoms with E-state index >= 15 is 0 Å². The molecule has 3 aromatic rings. The number of methoxy groups -OCH3 is 1. The van der Waals surface area contributed by atoms with Crippen LogP contribution in [-0.2, 0) is 4.79 Å². The van der Waals surface area contributed by atoms with Crippen LogP contribution in [0.1, 0.15) is 22.8 Å². The van der Waals surface area contributed by atoms with Gasteiger partial charge in [-0.1, -0.05) is 24.3 Å². The van der Waals surface area contributed by atoms with Crippen LogP contribution in [0.5, 0.6) is 11.5 Å². The second-order valence-corrected chi connectivity index (χ2v) is 5.98. The minimum atomic E-state index is -0.853. The number of rotatable bonds is 6. The highest BCUT2D eigenvalue weighted by Crippen LogP contribution is 2.24. The minimum Gasteiger partial charge on any atom is -0.497 e. The van der Waals surface area contributed by atoms with Crippen LogP contribution in [0, 0.1) is 0 Å². The van der Waals surface area contributed by atoms with E-state index < -0.39 is 17.4 Å². The Balaban J connectivity index is 1.76. The Bertz CT molecular complexity index is 1130. The Kier molecular flexibility index (Phi) is 6.09. The maximum absolute atomic E-state index is 12.4. The summed E-state index contributed by atoms with van der Waals surface area (Å²) in [6.07, 6.45) is 2.74. The smallest absolute Gasteiger partial charge is 0.349 e. The van der Waals surface area contributed by atoms with Gasteiger partial charge in [0.1, 0.15) is 11.3 Å². The lowest BCUT2D eigenvalue weighted by atomic mass is 10.1. The predicted molar refractivity (Wildman–Crippen MR) is 108 cm³/mol. The van der Waals surface area contributed by atoms with E-state index in [2.05, 4.69) is 5.32 Å². The minimum absolute atomic E-state index is 0.252. The third-order valence-electron chi connectivity index (χ3n) is 4.05. The molecule has 29 heavy (non-hydrogen) atoms. The summed E-state index contributed by atoms with van der Waals surface area (Å²) in [5.74, 6) is -0.398. The molecule has 0 fully saturated rings. The molecule has 0 saturated carbocycles. The number of nitrogens with one attached hydrogen (secondary N) is 1. The lowest BCUT2D eigenvalue weighted by Crippen LogP contribution is -2.32. The molecule has 2 amide bonds. The van der Waals surface area contributed by atoms with Crippen molar-refractivity contribution in [2.24, 2.45) is 0 Å². The number of hydrogen-bond acceptors (Lipinski definition) is 6. The molecule has 3 rings (SSSR count). The molecule has 0 spiro atoms. The molecule has 0 aliphatic carbocycles. The highest BCUT2D eigenvalue weighted by atomic mass is 16.5. The lowest BCUT2D eigenvalue weighted by molar-refractivity contribution is -0.115. The molecular weight excluding hydrogens is 374 g/mol. The summed E-state index contributed by atoms with van der Waals surface area (Å²) in [5.41, 5.74) is -0.116. The first-order valence-corrected chi connectivity index (χ1v) is 8.89. The summed E-state index contributed by atoms with van der Waals surface area (Å²) < 4.78 is 15.7.